The molecule has 0 amide bonds. The zero-order valence-electron chi connectivity index (χ0n) is 8.64. The average Bonchev–Trinajstić information content (AvgIpc) is 2.63. The minimum atomic E-state index is -2.86. The molecule has 0 saturated carbocycles. The van der Waals surface area contributed by atoms with Crippen molar-refractivity contribution >= 4 is 21.2 Å². The second-order valence-corrected chi connectivity index (χ2v) is 6.75. The molecule has 0 fully saturated rings. The summed E-state index contributed by atoms with van der Waals surface area (Å²) in [5.74, 6) is 5.64. The van der Waals surface area contributed by atoms with E-state index < -0.39 is 9.84 Å². The van der Waals surface area contributed by atoms with Gasteiger partial charge in [-0.15, -0.1) is 11.3 Å². The maximum absolute atomic E-state index is 10.9. The molecule has 3 N–H and O–H groups in total. The van der Waals surface area contributed by atoms with Crippen LogP contribution < -0.4 is 11.3 Å². The Morgan fingerprint density at radius 1 is 1.60 bits per heavy atom. The molecule has 86 valence electrons. The van der Waals surface area contributed by atoms with E-state index in [-0.39, 0.29) is 11.8 Å². The number of hydrogen-bond acceptors (Lipinski definition) is 5. The van der Waals surface area contributed by atoms with Crippen LogP contribution in [0.15, 0.2) is 17.5 Å². The first-order valence-corrected chi connectivity index (χ1v) is 7.64. The molecule has 1 unspecified atom stereocenters. The second-order valence-electron chi connectivity index (χ2n) is 3.51. The smallest absolute Gasteiger partial charge is 0.147 e. The molecule has 0 spiro atoms. The van der Waals surface area contributed by atoms with Gasteiger partial charge in [0, 0.05) is 16.9 Å². The van der Waals surface area contributed by atoms with Crippen LogP contribution in [-0.2, 0) is 9.84 Å². The van der Waals surface area contributed by atoms with Gasteiger partial charge in [0.05, 0.1) is 6.04 Å². The molecule has 1 rings (SSSR count). The predicted octanol–water partition coefficient (Wildman–Crippen LogP) is 1.08. The Hall–Kier alpha value is -0.430. The summed E-state index contributed by atoms with van der Waals surface area (Å²) in [4.78, 5) is 1.14. The van der Waals surface area contributed by atoms with Crippen molar-refractivity contribution < 1.29 is 8.42 Å². The second kappa shape index (κ2) is 5.60. The van der Waals surface area contributed by atoms with E-state index in [1.165, 1.54) is 6.26 Å². The summed E-state index contributed by atoms with van der Waals surface area (Å²) in [5, 5.41) is 1.98. The summed E-state index contributed by atoms with van der Waals surface area (Å²) in [7, 11) is -2.86. The molecular weight excluding hydrogens is 232 g/mol. The van der Waals surface area contributed by atoms with Gasteiger partial charge >= 0.3 is 0 Å². The molecule has 1 aromatic rings. The monoisotopic (exact) mass is 248 g/mol. The van der Waals surface area contributed by atoms with Gasteiger partial charge in [0.2, 0.25) is 0 Å². The lowest BCUT2D eigenvalue weighted by Gasteiger charge is -2.13. The summed E-state index contributed by atoms with van der Waals surface area (Å²) in [6.07, 6.45) is 2.62. The van der Waals surface area contributed by atoms with Crippen LogP contribution >= 0.6 is 11.3 Å². The van der Waals surface area contributed by atoms with Crippen molar-refractivity contribution in [1.29, 1.82) is 0 Å². The van der Waals surface area contributed by atoms with Gasteiger partial charge < -0.3 is 0 Å². The third-order valence-electron chi connectivity index (χ3n) is 2.10. The van der Waals surface area contributed by atoms with E-state index in [1.54, 1.807) is 11.3 Å². The first kappa shape index (κ1) is 12.6. The molecule has 0 bridgehead atoms. The highest BCUT2D eigenvalue weighted by Crippen LogP contribution is 2.22. The zero-order chi connectivity index (χ0) is 11.3. The molecule has 0 aromatic carbocycles. The Kier molecular flexibility index (Phi) is 4.72. The van der Waals surface area contributed by atoms with Crippen molar-refractivity contribution in [3.05, 3.63) is 22.4 Å². The van der Waals surface area contributed by atoms with Crippen LogP contribution in [0.2, 0.25) is 0 Å². The fourth-order valence-electron chi connectivity index (χ4n) is 1.35. The van der Waals surface area contributed by atoms with Crippen LogP contribution in [0.25, 0.3) is 0 Å². The summed E-state index contributed by atoms with van der Waals surface area (Å²) >= 11 is 1.62. The predicted molar refractivity (Wildman–Crippen MR) is 63.3 cm³/mol. The molecule has 0 radical (unpaired) electrons. The standard InChI is InChI=1S/C9H16N2O2S2/c1-15(12,13)7-3-4-8(11-10)9-5-2-6-14-9/h2,5-6,8,11H,3-4,7,10H2,1H3. The summed E-state index contributed by atoms with van der Waals surface area (Å²) in [5.41, 5.74) is 2.71. The van der Waals surface area contributed by atoms with Crippen molar-refractivity contribution in [2.45, 2.75) is 18.9 Å². The van der Waals surface area contributed by atoms with E-state index >= 15 is 0 Å². The number of nitrogens with two attached hydrogens (primary N) is 1. The number of thiophene rings is 1. The van der Waals surface area contributed by atoms with E-state index in [0.29, 0.717) is 6.42 Å². The third kappa shape index (κ3) is 4.74. The van der Waals surface area contributed by atoms with Crippen LogP contribution in [0.4, 0.5) is 0 Å². The van der Waals surface area contributed by atoms with Crippen molar-refractivity contribution in [2.75, 3.05) is 12.0 Å². The Bertz CT molecular complexity index is 373. The number of nitrogens with one attached hydrogen (secondary N) is 1. The number of hydrogen-bond donors (Lipinski definition) is 2. The molecule has 1 aromatic heterocycles. The molecule has 0 saturated heterocycles. The topological polar surface area (TPSA) is 72.2 Å². The van der Waals surface area contributed by atoms with Crippen molar-refractivity contribution in [2.24, 2.45) is 5.84 Å². The fraction of sp³-hybridized carbons (Fsp3) is 0.556. The van der Waals surface area contributed by atoms with E-state index in [9.17, 15) is 8.42 Å². The Balaban J connectivity index is 2.42. The highest BCUT2D eigenvalue weighted by molar-refractivity contribution is 7.90. The van der Waals surface area contributed by atoms with Crippen molar-refractivity contribution in [1.82, 2.24) is 5.43 Å². The summed E-state index contributed by atoms with van der Waals surface area (Å²) < 4.78 is 21.9. The Labute approximate surface area is 94.4 Å². The van der Waals surface area contributed by atoms with E-state index in [2.05, 4.69) is 5.43 Å². The van der Waals surface area contributed by atoms with Crippen LogP contribution in [0.3, 0.4) is 0 Å². The van der Waals surface area contributed by atoms with Crippen molar-refractivity contribution in [3.8, 4) is 0 Å². The molecule has 6 heteroatoms. The van der Waals surface area contributed by atoms with Crippen LogP contribution in [-0.4, -0.2) is 20.4 Å². The van der Waals surface area contributed by atoms with Gasteiger partial charge in [-0.3, -0.25) is 11.3 Å². The molecule has 0 aliphatic carbocycles. The van der Waals surface area contributed by atoms with Gasteiger partial charge in [-0.1, -0.05) is 6.07 Å². The fourth-order valence-corrected chi connectivity index (χ4v) is 2.86. The summed E-state index contributed by atoms with van der Waals surface area (Å²) in [6, 6.07) is 4.02. The maximum atomic E-state index is 10.9. The Morgan fingerprint density at radius 2 is 2.33 bits per heavy atom. The van der Waals surface area contributed by atoms with Gasteiger partial charge in [-0.25, -0.2) is 8.42 Å². The maximum Gasteiger partial charge on any atom is 0.147 e. The Morgan fingerprint density at radius 3 is 2.80 bits per heavy atom. The molecule has 0 aliphatic heterocycles. The van der Waals surface area contributed by atoms with E-state index in [1.807, 2.05) is 17.5 Å². The lowest BCUT2D eigenvalue weighted by atomic mass is 10.1. The van der Waals surface area contributed by atoms with E-state index in [4.69, 9.17) is 5.84 Å². The highest BCUT2D eigenvalue weighted by Gasteiger charge is 2.11. The number of sulfone groups is 1. The van der Waals surface area contributed by atoms with E-state index in [0.717, 1.165) is 11.3 Å². The van der Waals surface area contributed by atoms with Gasteiger partial charge in [-0.2, -0.15) is 0 Å². The molecule has 15 heavy (non-hydrogen) atoms. The molecular formula is C9H16N2O2S2. The number of rotatable bonds is 6. The zero-order valence-corrected chi connectivity index (χ0v) is 10.3. The van der Waals surface area contributed by atoms with Gasteiger partial charge in [0.15, 0.2) is 0 Å². The number of hydrazine groups is 1. The minimum Gasteiger partial charge on any atom is -0.271 e. The first-order valence-electron chi connectivity index (χ1n) is 4.70. The first-order chi connectivity index (χ1) is 7.03. The average molecular weight is 248 g/mol. The molecule has 4 nitrogen and oxygen atoms in total. The van der Waals surface area contributed by atoms with Crippen molar-refractivity contribution in [3.63, 3.8) is 0 Å². The minimum absolute atomic E-state index is 0.0618. The van der Waals surface area contributed by atoms with Crippen LogP contribution in [0, 0.1) is 0 Å². The summed E-state index contributed by atoms with van der Waals surface area (Å²) in [6.45, 7) is 0. The van der Waals surface area contributed by atoms with Gasteiger partial charge in [-0.05, 0) is 24.3 Å². The molecule has 1 heterocycles. The van der Waals surface area contributed by atoms with Gasteiger partial charge in [0.25, 0.3) is 0 Å². The quantitative estimate of drug-likeness (QED) is 0.583. The largest absolute Gasteiger partial charge is 0.271 e. The lowest BCUT2D eigenvalue weighted by Crippen LogP contribution is -2.27. The third-order valence-corrected chi connectivity index (χ3v) is 4.11. The molecule has 1 atom stereocenters. The molecule has 0 aliphatic rings. The van der Waals surface area contributed by atoms with Crippen LogP contribution in [0.1, 0.15) is 23.8 Å². The van der Waals surface area contributed by atoms with Crippen LogP contribution in [0.5, 0.6) is 0 Å². The highest BCUT2D eigenvalue weighted by atomic mass is 32.2. The van der Waals surface area contributed by atoms with Gasteiger partial charge in [0.1, 0.15) is 9.84 Å². The SMILES string of the molecule is CS(=O)(=O)CCCC(NN)c1cccs1. The normalized spacial score (nSPS) is 14.0. The lowest BCUT2D eigenvalue weighted by molar-refractivity contribution is 0.515.